The molecule has 0 unspecified atom stereocenters. The van der Waals surface area contributed by atoms with E-state index in [4.69, 9.17) is 0 Å². The summed E-state index contributed by atoms with van der Waals surface area (Å²) in [6, 6.07) is 15.1. The smallest absolute Gasteiger partial charge is 0.320 e. The van der Waals surface area contributed by atoms with E-state index in [-0.39, 0.29) is 17.9 Å². The Morgan fingerprint density at radius 1 is 1.30 bits per heavy atom. The Kier molecular flexibility index (Phi) is 5.40. The number of aromatic amines is 1. The Balaban J connectivity index is 1.52. The van der Waals surface area contributed by atoms with Gasteiger partial charge in [0.1, 0.15) is 6.20 Å². The van der Waals surface area contributed by atoms with Gasteiger partial charge in [-0.15, -0.1) is 0 Å². The lowest BCUT2D eigenvalue weighted by Crippen LogP contribution is -2.19. The van der Waals surface area contributed by atoms with Gasteiger partial charge in [-0.2, -0.15) is 10.2 Å². The maximum Gasteiger partial charge on any atom is 0.320 e. The molecule has 2 heterocycles. The lowest BCUT2D eigenvalue weighted by Gasteiger charge is -2.01. The lowest BCUT2D eigenvalue weighted by atomic mass is 10.2. The van der Waals surface area contributed by atoms with Gasteiger partial charge in [0, 0.05) is 27.1 Å². The molecule has 4 aromatic rings. The summed E-state index contributed by atoms with van der Waals surface area (Å²) in [4.78, 5) is 26.3. The third kappa shape index (κ3) is 4.13. The summed E-state index contributed by atoms with van der Waals surface area (Å²) in [5.74, 6) is -0.759. The van der Waals surface area contributed by atoms with Gasteiger partial charge in [0.05, 0.1) is 17.7 Å². The molecule has 1 amide bonds. The zero-order chi connectivity index (χ0) is 21.1. The van der Waals surface area contributed by atoms with Crippen LogP contribution < -0.4 is 5.43 Å². The number of nitrogens with zero attached hydrogens (tertiary/aromatic N) is 4. The topological polar surface area (TPSA) is 118 Å². The van der Waals surface area contributed by atoms with Crippen LogP contribution in [0.5, 0.6) is 0 Å². The highest BCUT2D eigenvalue weighted by molar-refractivity contribution is 9.10. The van der Waals surface area contributed by atoms with E-state index in [9.17, 15) is 14.9 Å². The molecule has 0 atom stereocenters. The van der Waals surface area contributed by atoms with Crippen molar-refractivity contribution in [1.82, 2.24) is 20.2 Å². The Labute approximate surface area is 178 Å². The number of hydrogen-bond acceptors (Lipinski definition) is 5. The third-order valence-corrected chi connectivity index (χ3v) is 4.87. The van der Waals surface area contributed by atoms with Crippen molar-refractivity contribution in [1.29, 1.82) is 0 Å². The summed E-state index contributed by atoms with van der Waals surface area (Å²) in [6.45, 7) is 0.284. The Morgan fingerprint density at radius 3 is 2.93 bits per heavy atom. The molecule has 2 aromatic heterocycles. The van der Waals surface area contributed by atoms with Crippen molar-refractivity contribution in [3.05, 3.63) is 92.3 Å². The third-order valence-electron chi connectivity index (χ3n) is 4.38. The number of para-hydroxylation sites is 1. The number of hydrogen-bond donors (Lipinski definition) is 2. The van der Waals surface area contributed by atoms with Crippen molar-refractivity contribution >= 4 is 44.6 Å². The summed E-state index contributed by atoms with van der Waals surface area (Å²) in [6.07, 6.45) is 4.47. The molecule has 30 heavy (non-hydrogen) atoms. The van der Waals surface area contributed by atoms with Gasteiger partial charge < -0.3 is 4.98 Å². The molecular formula is C20H15BrN6O3. The van der Waals surface area contributed by atoms with Crippen molar-refractivity contribution in [2.45, 2.75) is 6.54 Å². The maximum absolute atomic E-state index is 12.5. The van der Waals surface area contributed by atoms with Crippen LogP contribution in [0.15, 0.2) is 70.5 Å². The largest absolute Gasteiger partial charge is 0.361 e. The fourth-order valence-corrected chi connectivity index (χ4v) is 3.47. The molecule has 9 nitrogen and oxygen atoms in total. The first kappa shape index (κ1) is 19.5. The number of H-pyrrole nitrogens is 1. The van der Waals surface area contributed by atoms with Crippen LogP contribution in [0.25, 0.3) is 10.9 Å². The lowest BCUT2D eigenvalue weighted by molar-refractivity contribution is -0.385. The molecule has 0 spiro atoms. The summed E-state index contributed by atoms with van der Waals surface area (Å²) < 4.78 is 2.24. The predicted octanol–water partition coefficient (Wildman–Crippen LogP) is 3.85. The zero-order valence-corrected chi connectivity index (χ0v) is 17.0. The van der Waals surface area contributed by atoms with E-state index in [1.54, 1.807) is 6.20 Å². The van der Waals surface area contributed by atoms with Gasteiger partial charge in [-0.05, 0) is 23.8 Å². The van der Waals surface area contributed by atoms with Crippen molar-refractivity contribution in [3.8, 4) is 0 Å². The fraction of sp³-hybridized carbons (Fsp3) is 0.0500. The summed E-state index contributed by atoms with van der Waals surface area (Å²) in [5, 5.41) is 20.3. The first-order valence-corrected chi connectivity index (χ1v) is 9.66. The molecule has 150 valence electrons. The normalized spacial score (nSPS) is 11.2. The Bertz CT molecular complexity index is 1280. The summed E-state index contributed by atoms with van der Waals surface area (Å²) >= 11 is 3.38. The molecule has 0 bridgehead atoms. The molecule has 0 aliphatic heterocycles. The van der Waals surface area contributed by atoms with Crippen molar-refractivity contribution < 1.29 is 9.72 Å². The van der Waals surface area contributed by atoms with Gasteiger partial charge in [-0.3, -0.25) is 19.6 Å². The van der Waals surface area contributed by atoms with Crippen LogP contribution >= 0.6 is 15.9 Å². The predicted molar refractivity (Wildman–Crippen MR) is 115 cm³/mol. The number of rotatable bonds is 6. The molecule has 0 radical (unpaired) electrons. The number of fused-ring (bicyclic) bond motifs is 1. The minimum absolute atomic E-state index is 0.284. The van der Waals surface area contributed by atoms with E-state index in [0.717, 1.165) is 26.5 Å². The van der Waals surface area contributed by atoms with Crippen LogP contribution in [0.2, 0.25) is 0 Å². The van der Waals surface area contributed by atoms with E-state index in [1.807, 2.05) is 48.5 Å². The monoisotopic (exact) mass is 466 g/mol. The molecule has 0 aliphatic rings. The Hall–Kier alpha value is -3.79. The maximum atomic E-state index is 12.5. The van der Waals surface area contributed by atoms with Crippen LogP contribution in [0, 0.1) is 10.1 Å². The van der Waals surface area contributed by atoms with Gasteiger partial charge in [-0.25, -0.2) is 5.43 Å². The highest BCUT2D eigenvalue weighted by Gasteiger charge is 2.25. The minimum atomic E-state index is -0.759. The number of hydrazone groups is 1. The van der Waals surface area contributed by atoms with Crippen LogP contribution in [0.4, 0.5) is 5.69 Å². The Morgan fingerprint density at radius 2 is 2.13 bits per heavy atom. The quantitative estimate of drug-likeness (QED) is 0.254. The standard InChI is InChI=1S/C20H15BrN6O3/c21-15-5-3-4-13(8-15)11-26-12-18(27(29)30)19(25-26)20(28)24-23-10-14-9-22-17-7-2-1-6-16(14)17/h1-10,12,22H,11H2,(H,24,28)/b23-10+. The number of carbonyl (C=O) groups excluding carboxylic acids is 1. The van der Waals surface area contributed by atoms with Gasteiger partial charge in [0.2, 0.25) is 5.69 Å². The van der Waals surface area contributed by atoms with E-state index in [2.05, 4.69) is 36.5 Å². The number of carbonyl (C=O) groups is 1. The van der Waals surface area contributed by atoms with Crippen LogP contribution in [-0.2, 0) is 6.54 Å². The fourth-order valence-electron chi connectivity index (χ4n) is 3.02. The number of halogens is 1. The second kappa shape index (κ2) is 8.29. The molecule has 2 aromatic carbocycles. The van der Waals surface area contributed by atoms with Crippen LogP contribution in [0.3, 0.4) is 0 Å². The van der Waals surface area contributed by atoms with Gasteiger partial charge in [-0.1, -0.05) is 46.3 Å². The summed E-state index contributed by atoms with van der Waals surface area (Å²) in [7, 11) is 0. The van der Waals surface area contributed by atoms with E-state index in [0.29, 0.717) is 0 Å². The molecule has 0 aliphatic carbocycles. The van der Waals surface area contributed by atoms with E-state index in [1.165, 1.54) is 17.1 Å². The second-order valence-corrected chi connectivity index (χ2v) is 7.35. The number of amides is 1. The minimum Gasteiger partial charge on any atom is -0.361 e. The first-order chi connectivity index (χ1) is 14.5. The average molecular weight is 467 g/mol. The molecule has 0 saturated heterocycles. The number of nitrogens with one attached hydrogen (secondary N) is 2. The van der Waals surface area contributed by atoms with Gasteiger partial charge in [0.25, 0.3) is 5.91 Å². The van der Waals surface area contributed by atoms with Gasteiger partial charge in [0.15, 0.2) is 0 Å². The molecule has 2 N–H and O–H groups in total. The average Bonchev–Trinajstić information content (AvgIpc) is 3.33. The molecule has 0 saturated carbocycles. The van der Waals surface area contributed by atoms with E-state index >= 15 is 0 Å². The second-order valence-electron chi connectivity index (χ2n) is 6.44. The van der Waals surface area contributed by atoms with Crippen LogP contribution in [0.1, 0.15) is 21.6 Å². The van der Waals surface area contributed by atoms with E-state index < -0.39 is 10.8 Å². The van der Waals surface area contributed by atoms with Crippen molar-refractivity contribution in [2.75, 3.05) is 0 Å². The highest BCUT2D eigenvalue weighted by atomic mass is 79.9. The number of nitro groups is 1. The van der Waals surface area contributed by atoms with Crippen molar-refractivity contribution in [3.63, 3.8) is 0 Å². The highest BCUT2D eigenvalue weighted by Crippen LogP contribution is 2.19. The zero-order valence-electron chi connectivity index (χ0n) is 15.4. The summed E-state index contributed by atoms with van der Waals surface area (Å²) in [5.41, 5.74) is 4.22. The van der Waals surface area contributed by atoms with Crippen LogP contribution in [-0.4, -0.2) is 31.8 Å². The molecule has 0 fully saturated rings. The molecular weight excluding hydrogens is 452 g/mol. The SMILES string of the molecule is O=C(N/N=C/c1c[nH]c2ccccc12)c1nn(Cc2cccc(Br)c2)cc1[N+](=O)[O-]. The molecule has 4 rings (SSSR count). The number of aromatic nitrogens is 3. The van der Waals surface area contributed by atoms with Gasteiger partial charge >= 0.3 is 5.69 Å². The van der Waals surface area contributed by atoms with Crippen molar-refractivity contribution in [2.24, 2.45) is 5.10 Å². The molecule has 10 heteroatoms. The first-order valence-electron chi connectivity index (χ1n) is 8.87. The number of benzene rings is 2.